The van der Waals surface area contributed by atoms with Crippen molar-refractivity contribution in [3.8, 4) is 0 Å². The van der Waals surface area contributed by atoms with Crippen LogP contribution >= 0.6 is 0 Å². The van der Waals surface area contributed by atoms with E-state index in [1.807, 2.05) is 32.3 Å². The van der Waals surface area contributed by atoms with Crippen LogP contribution in [0.15, 0.2) is 18.2 Å². The van der Waals surface area contributed by atoms with Crippen molar-refractivity contribution >= 4 is 12.2 Å². The predicted octanol–water partition coefficient (Wildman–Crippen LogP) is 1.40. The Hall–Kier alpha value is -1.68. The lowest BCUT2D eigenvalue weighted by Gasteiger charge is -2.20. The number of benzene rings is 1. The maximum absolute atomic E-state index is 11.5. The molecule has 0 aliphatic rings. The number of hydrazine groups is 1. The fourth-order valence-corrected chi connectivity index (χ4v) is 1.40. The number of nitrogens with two attached hydrogens (primary N) is 1. The molecule has 4 nitrogen and oxygen atoms in total. The minimum absolute atomic E-state index is 0.0783. The average molecular weight is 220 g/mol. The number of hydrogen-bond acceptors (Lipinski definition) is 3. The summed E-state index contributed by atoms with van der Waals surface area (Å²) in [6, 6.07) is 5.18. The molecular formula is C12H16N2O2. The molecule has 0 aliphatic carbocycles. The van der Waals surface area contributed by atoms with Gasteiger partial charge < -0.3 is 0 Å². The molecule has 4 heteroatoms. The molecule has 0 unspecified atom stereocenters. The van der Waals surface area contributed by atoms with Gasteiger partial charge in [-0.3, -0.25) is 15.0 Å². The zero-order valence-corrected chi connectivity index (χ0v) is 9.70. The Bertz CT molecular complexity index is 420. The lowest BCUT2D eigenvalue weighted by Crippen LogP contribution is -2.31. The summed E-state index contributed by atoms with van der Waals surface area (Å²) in [6.07, 6.45) is 0.650. The van der Waals surface area contributed by atoms with Crippen molar-refractivity contribution in [2.45, 2.75) is 26.2 Å². The van der Waals surface area contributed by atoms with E-state index in [-0.39, 0.29) is 5.41 Å². The van der Waals surface area contributed by atoms with Gasteiger partial charge in [-0.2, -0.15) is 0 Å². The van der Waals surface area contributed by atoms with Gasteiger partial charge in [0.1, 0.15) is 0 Å². The van der Waals surface area contributed by atoms with Crippen LogP contribution in [-0.4, -0.2) is 12.2 Å². The van der Waals surface area contributed by atoms with Crippen LogP contribution in [0.25, 0.3) is 0 Å². The Balaban J connectivity index is 3.32. The summed E-state index contributed by atoms with van der Waals surface area (Å²) in [5.41, 5.74) is 3.60. The normalized spacial score (nSPS) is 11.0. The molecular weight excluding hydrogens is 204 g/mol. The first-order chi connectivity index (χ1) is 7.40. The zero-order valence-electron chi connectivity index (χ0n) is 9.70. The third kappa shape index (κ3) is 2.46. The SMILES string of the molecule is CC(C)(C)c1ccc(C=O)c(C(=O)NN)c1. The molecule has 0 bridgehead atoms. The summed E-state index contributed by atoms with van der Waals surface area (Å²) >= 11 is 0. The van der Waals surface area contributed by atoms with Gasteiger partial charge in [-0.05, 0) is 17.0 Å². The highest BCUT2D eigenvalue weighted by molar-refractivity contribution is 6.01. The van der Waals surface area contributed by atoms with E-state index in [4.69, 9.17) is 5.84 Å². The van der Waals surface area contributed by atoms with Gasteiger partial charge in [0, 0.05) is 5.56 Å². The van der Waals surface area contributed by atoms with Crippen LogP contribution in [0.5, 0.6) is 0 Å². The van der Waals surface area contributed by atoms with Crippen molar-refractivity contribution in [1.29, 1.82) is 0 Å². The Labute approximate surface area is 94.8 Å². The topological polar surface area (TPSA) is 72.2 Å². The van der Waals surface area contributed by atoms with E-state index in [9.17, 15) is 9.59 Å². The first kappa shape index (κ1) is 12.4. The number of amides is 1. The molecule has 0 radical (unpaired) electrons. The third-order valence-electron chi connectivity index (χ3n) is 2.42. The highest BCUT2D eigenvalue weighted by Crippen LogP contribution is 2.24. The van der Waals surface area contributed by atoms with Crippen LogP contribution in [0, 0.1) is 0 Å². The van der Waals surface area contributed by atoms with Crippen molar-refractivity contribution in [3.63, 3.8) is 0 Å². The molecule has 0 aliphatic heterocycles. The highest BCUT2D eigenvalue weighted by Gasteiger charge is 2.17. The number of nitrogen functional groups attached to an aromatic ring is 1. The molecule has 0 atom stereocenters. The summed E-state index contributed by atoms with van der Waals surface area (Å²) in [4.78, 5) is 22.3. The second-order valence-corrected chi connectivity index (χ2v) is 4.64. The Morgan fingerprint density at radius 1 is 1.38 bits per heavy atom. The Kier molecular flexibility index (Phi) is 3.44. The maximum Gasteiger partial charge on any atom is 0.265 e. The van der Waals surface area contributed by atoms with Crippen molar-refractivity contribution in [3.05, 3.63) is 34.9 Å². The lowest BCUT2D eigenvalue weighted by atomic mass is 9.85. The zero-order chi connectivity index (χ0) is 12.3. The standard InChI is InChI=1S/C12H16N2O2/c1-12(2,3)9-5-4-8(7-15)10(6-9)11(16)14-13/h4-7H,13H2,1-3H3,(H,14,16). The summed E-state index contributed by atoms with van der Waals surface area (Å²) in [6.45, 7) is 6.10. The fraction of sp³-hybridized carbons (Fsp3) is 0.333. The predicted molar refractivity (Wildman–Crippen MR) is 62.2 cm³/mol. The Morgan fingerprint density at radius 3 is 2.44 bits per heavy atom. The van der Waals surface area contributed by atoms with Crippen molar-refractivity contribution in [2.24, 2.45) is 5.84 Å². The van der Waals surface area contributed by atoms with Crippen molar-refractivity contribution in [2.75, 3.05) is 0 Å². The second-order valence-electron chi connectivity index (χ2n) is 4.64. The van der Waals surface area contributed by atoms with E-state index >= 15 is 0 Å². The second kappa shape index (κ2) is 4.45. The molecule has 0 fully saturated rings. The number of rotatable bonds is 2. The van der Waals surface area contributed by atoms with Crippen molar-refractivity contribution in [1.82, 2.24) is 5.43 Å². The van der Waals surface area contributed by atoms with Gasteiger partial charge in [-0.1, -0.05) is 32.9 Å². The molecule has 0 heterocycles. The summed E-state index contributed by atoms with van der Waals surface area (Å²) in [5.74, 6) is 4.62. The van der Waals surface area contributed by atoms with Gasteiger partial charge in [0.05, 0.1) is 5.56 Å². The molecule has 1 aromatic rings. The monoisotopic (exact) mass is 220 g/mol. The van der Waals surface area contributed by atoms with Crippen LogP contribution in [0.2, 0.25) is 0 Å². The van der Waals surface area contributed by atoms with Gasteiger partial charge in [0.25, 0.3) is 5.91 Å². The molecule has 16 heavy (non-hydrogen) atoms. The van der Waals surface area contributed by atoms with Crippen LogP contribution in [0.1, 0.15) is 47.1 Å². The molecule has 0 aromatic heterocycles. The maximum atomic E-state index is 11.5. The number of carbonyl (C=O) groups is 2. The van der Waals surface area contributed by atoms with Gasteiger partial charge in [-0.15, -0.1) is 0 Å². The smallest absolute Gasteiger partial charge is 0.265 e. The van der Waals surface area contributed by atoms with E-state index in [2.05, 4.69) is 0 Å². The molecule has 0 saturated heterocycles. The number of aldehydes is 1. The third-order valence-corrected chi connectivity index (χ3v) is 2.42. The number of nitrogens with one attached hydrogen (secondary N) is 1. The summed E-state index contributed by atoms with van der Waals surface area (Å²) in [5, 5.41) is 0. The summed E-state index contributed by atoms with van der Waals surface area (Å²) < 4.78 is 0. The number of hydrogen-bond donors (Lipinski definition) is 2. The highest BCUT2D eigenvalue weighted by atomic mass is 16.2. The van der Waals surface area contributed by atoms with Gasteiger partial charge in [0.2, 0.25) is 0 Å². The number of carbonyl (C=O) groups excluding carboxylic acids is 2. The Morgan fingerprint density at radius 2 is 2.00 bits per heavy atom. The van der Waals surface area contributed by atoms with Crippen LogP contribution in [0.3, 0.4) is 0 Å². The van der Waals surface area contributed by atoms with E-state index in [0.29, 0.717) is 17.4 Å². The fourth-order valence-electron chi connectivity index (χ4n) is 1.40. The van der Waals surface area contributed by atoms with E-state index in [1.165, 1.54) is 0 Å². The quantitative estimate of drug-likeness (QED) is 0.342. The molecule has 0 spiro atoms. The minimum atomic E-state index is -0.451. The van der Waals surface area contributed by atoms with Gasteiger partial charge >= 0.3 is 0 Å². The van der Waals surface area contributed by atoms with Crippen molar-refractivity contribution < 1.29 is 9.59 Å². The molecule has 1 rings (SSSR count). The minimum Gasteiger partial charge on any atom is -0.298 e. The molecule has 1 amide bonds. The first-order valence-electron chi connectivity index (χ1n) is 5.01. The van der Waals surface area contributed by atoms with Gasteiger partial charge in [0.15, 0.2) is 6.29 Å². The lowest BCUT2D eigenvalue weighted by molar-refractivity contribution is 0.0948. The van der Waals surface area contributed by atoms with Gasteiger partial charge in [-0.25, -0.2) is 5.84 Å². The molecule has 1 aromatic carbocycles. The molecule has 0 saturated carbocycles. The van der Waals surface area contributed by atoms with E-state index in [0.717, 1.165) is 5.56 Å². The molecule has 3 N–H and O–H groups in total. The van der Waals surface area contributed by atoms with Crippen LogP contribution in [0.4, 0.5) is 0 Å². The first-order valence-corrected chi connectivity index (χ1v) is 5.01. The molecule has 86 valence electrons. The van der Waals surface area contributed by atoms with Crippen LogP contribution in [-0.2, 0) is 5.41 Å². The van der Waals surface area contributed by atoms with E-state index < -0.39 is 5.91 Å². The largest absolute Gasteiger partial charge is 0.298 e. The van der Waals surface area contributed by atoms with Crippen LogP contribution < -0.4 is 11.3 Å². The average Bonchev–Trinajstić information content (AvgIpc) is 2.25. The van der Waals surface area contributed by atoms with E-state index in [1.54, 1.807) is 12.1 Å². The summed E-state index contributed by atoms with van der Waals surface area (Å²) in [7, 11) is 0.